The molecule has 1 aromatic rings. The number of hydrogen-bond acceptors (Lipinski definition) is 2. The van der Waals surface area contributed by atoms with Gasteiger partial charge in [0, 0.05) is 18.4 Å². The van der Waals surface area contributed by atoms with Gasteiger partial charge in [-0.3, -0.25) is 4.79 Å². The number of carboxylic acids is 1. The highest BCUT2D eigenvalue weighted by Gasteiger charge is 2.45. The van der Waals surface area contributed by atoms with Gasteiger partial charge in [-0.25, -0.2) is 8.78 Å². The summed E-state index contributed by atoms with van der Waals surface area (Å²) in [5.41, 5.74) is 0.215. The summed E-state index contributed by atoms with van der Waals surface area (Å²) in [7, 11) is 0. The van der Waals surface area contributed by atoms with Gasteiger partial charge in [0.25, 0.3) is 0 Å². The first-order chi connectivity index (χ1) is 8.41. The third-order valence-electron chi connectivity index (χ3n) is 3.45. The lowest BCUT2D eigenvalue weighted by molar-refractivity contribution is -0.140. The number of carboxylic acid groups (broad SMARTS) is 1. The van der Waals surface area contributed by atoms with Gasteiger partial charge in [-0.05, 0) is 18.4 Å². The van der Waals surface area contributed by atoms with E-state index in [-0.39, 0.29) is 24.2 Å². The Labute approximate surface area is 103 Å². The van der Waals surface area contributed by atoms with Crippen molar-refractivity contribution in [3.8, 4) is 5.75 Å². The number of carbonyl (C=O) groups is 1. The maximum absolute atomic E-state index is 13.2. The molecular weight excluding hydrogens is 242 g/mol. The average molecular weight is 256 g/mol. The molecule has 1 fully saturated rings. The first-order valence-corrected chi connectivity index (χ1v) is 5.79. The second kappa shape index (κ2) is 4.55. The zero-order valence-electron chi connectivity index (χ0n) is 9.64. The highest BCUT2D eigenvalue weighted by atomic mass is 19.3. The van der Waals surface area contributed by atoms with Gasteiger partial charge in [-0.15, -0.1) is 0 Å². The first kappa shape index (κ1) is 12.8. The summed E-state index contributed by atoms with van der Waals surface area (Å²) in [6.07, 6.45) is -0.550. The molecule has 1 aromatic carbocycles. The summed E-state index contributed by atoms with van der Waals surface area (Å²) < 4.78 is 26.4. The molecular formula is C13H14F2O3. The lowest BCUT2D eigenvalue weighted by atomic mass is 9.84. The van der Waals surface area contributed by atoms with Crippen molar-refractivity contribution in [2.24, 2.45) is 5.92 Å². The van der Waals surface area contributed by atoms with Crippen LogP contribution < -0.4 is 0 Å². The van der Waals surface area contributed by atoms with E-state index in [4.69, 9.17) is 0 Å². The minimum atomic E-state index is -2.79. The molecule has 0 heterocycles. The van der Waals surface area contributed by atoms with Crippen LogP contribution in [0.3, 0.4) is 0 Å². The molecule has 1 aliphatic carbocycles. The number of alkyl halides is 2. The SMILES string of the molecule is O=C(O)[C@@H](c1ccccc1O)[C@@H]1CCC(F)(F)C1. The van der Waals surface area contributed by atoms with Crippen molar-refractivity contribution in [1.29, 1.82) is 0 Å². The lowest BCUT2D eigenvalue weighted by Gasteiger charge is -2.20. The molecule has 0 saturated heterocycles. The van der Waals surface area contributed by atoms with Gasteiger partial charge in [0.1, 0.15) is 5.75 Å². The summed E-state index contributed by atoms with van der Waals surface area (Å²) in [6, 6.07) is 6.02. The van der Waals surface area contributed by atoms with E-state index < -0.39 is 30.1 Å². The van der Waals surface area contributed by atoms with E-state index in [1.165, 1.54) is 12.1 Å². The molecule has 98 valence electrons. The fourth-order valence-corrected chi connectivity index (χ4v) is 2.61. The standard InChI is InChI=1S/C13H14F2O3/c14-13(15)6-5-8(7-13)11(12(17)18)9-3-1-2-4-10(9)16/h1-4,8,11,16H,5-7H2,(H,17,18)/t8-,11-/m1/s1. The summed E-state index contributed by atoms with van der Waals surface area (Å²) >= 11 is 0. The minimum Gasteiger partial charge on any atom is -0.508 e. The summed E-state index contributed by atoms with van der Waals surface area (Å²) in [5, 5.41) is 18.9. The third-order valence-corrected chi connectivity index (χ3v) is 3.45. The molecule has 18 heavy (non-hydrogen) atoms. The summed E-state index contributed by atoms with van der Waals surface area (Å²) in [4.78, 5) is 11.3. The van der Waals surface area contributed by atoms with Crippen LogP contribution in [0.2, 0.25) is 0 Å². The second-order valence-electron chi connectivity index (χ2n) is 4.73. The Hall–Kier alpha value is -1.65. The van der Waals surface area contributed by atoms with Crippen LogP contribution in [-0.4, -0.2) is 22.1 Å². The van der Waals surface area contributed by atoms with Gasteiger partial charge in [-0.2, -0.15) is 0 Å². The normalized spacial score (nSPS) is 23.8. The quantitative estimate of drug-likeness (QED) is 0.874. The fraction of sp³-hybridized carbons (Fsp3) is 0.462. The van der Waals surface area contributed by atoms with Gasteiger partial charge in [-0.1, -0.05) is 18.2 Å². The Balaban J connectivity index is 2.31. The van der Waals surface area contributed by atoms with Crippen LogP contribution in [0.4, 0.5) is 8.78 Å². The van der Waals surface area contributed by atoms with E-state index >= 15 is 0 Å². The maximum Gasteiger partial charge on any atom is 0.311 e. The Morgan fingerprint density at radius 3 is 2.56 bits per heavy atom. The highest BCUT2D eigenvalue weighted by Crippen LogP contribution is 2.46. The van der Waals surface area contributed by atoms with E-state index in [0.29, 0.717) is 0 Å². The smallest absolute Gasteiger partial charge is 0.311 e. The van der Waals surface area contributed by atoms with E-state index in [1.807, 2.05) is 0 Å². The van der Waals surface area contributed by atoms with Crippen LogP contribution >= 0.6 is 0 Å². The van der Waals surface area contributed by atoms with Crippen molar-refractivity contribution in [2.75, 3.05) is 0 Å². The van der Waals surface area contributed by atoms with Crippen molar-refractivity contribution >= 4 is 5.97 Å². The van der Waals surface area contributed by atoms with E-state index in [2.05, 4.69) is 0 Å². The van der Waals surface area contributed by atoms with E-state index in [1.54, 1.807) is 12.1 Å². The zero-order chi connectivity index (χ0) is 13.3. The number of benzene rings is 1. The van der Waals surface area contributed by atoms with Crippen LogP contribution in [0.15, 0.2) is 24.3 Å². The summed E-state index contributed by atoms with van der Waals surface area (Å²) in [5.74, 6) is -5.81. The number of para-hydroxylation sites is 1. The summed E-state index contributed by atoms with van der Waals surface area (Å²) in [6.45, 7) is 0. The van der Waals surface area contributed by atoms with E-state index in [9.17, 15) is 23.8 Å². The number of halogens is 2. The van der Waals surface area contributed by atoms with Crippen molar-refractivity contribution < 1.29 is 23.8 Å². The molecule has 2 rings (SSSR count). The largest absolute Gasteiger partial charge is 0.508 e. The zero-order valence-corrected chi connectivity index (χ0v) is 9.64. The number of aliphatic carboxylic acids is 1. The minimum absolute atomic E-state index is 0.153. The van der Waals surface area contributed by atoms with Crippen molar-refractivity contribution in [3.05, 3.63) is 29.8 Å². The molecule has 2 atom stereocenters. The third kappa shape index (κ3) is 2.44. The Bertz CT molecular complexity index is 459. The Kier molecular flexibility index (Phi) is 3.24. The lowest BCUT2D eigenvalue weighted by Crippen LogP contribution is -2.21. The molecule has 0 bridgehead atoms. The van der Waals surface area contributed by atoms with Crippen LogP contribution in [0.5, 0.6) is 5.75 Å². The molecule has 0 unspecified atom stereocenters. The molecule has 1 saturated carbocycles. The second-order valence-corrected chi connectivity index (χ2v) is 4.73. The van der Waals surface area contributed by atoms with Crippen LogP contribution in [-0.2, 0) is 4.79 Å². The van der Waals surface area contributed by atoms with Gasteiger partial charge in [0.15, 0.2) is 0 Å². The molecule has 2 N–H and O–H groups in total. The van der Waals surface area contributed by atoms with Gasteiger partial charge >= 0.3 is 5.97 Å². The number of hydrogen-bond donors (Lipinski definition) is 2. The van der Waals surface area contributed by atoms with Gasteiger partial charge in [0.2, 0.25) is 5.92 Å². The molecule has 0 amide bonds. The molecule has 3 nitrogen and oxygen atoms in total. The topological polar surface area (TPSA) is 57.5 Å². The highest BCUT2D eigenvalue weighted by molar-refractivity contribution is 5.77. The molecule has 0 radical (unpaired) electrons. The molecule has 0 aromatic heterocycles. The maximum atomic E-state index is 13.2. The van der Waals surface area contributed by atoms with Crippen molar-refractivity contribution in [2.45, 2.75) is 31.1 Å². The van der Waals surface area contributed by atoms with Gasteiger partial charge < -0.3 is 10.2 Å². The van der Waals surface area contributed by atoms with Crippen molar-refractivity contribution in [1.82, 2.24) is 0 Å². The van der Waals surface area contributed by atoms with Crippen molar-refractivity contribution in [3.63, 3.8) is 0 Å². The molecule has 0 aliphatic heterocycles. The number of aromatic hydroxyl groups is 1. The number of rotatable bonds is 3. The first-order valence-electron chi connectivity index (χ1n) is 5.79. The molecule has 1 aliphatic rings. The van der Waals surface area contributed by atoms with Crippen LogP contribution in [0.25, 0.3) is 0 Å². The predicted molar refractivity (Wildman–Crippen MR) is 60.8 cm³/mol. The fourth-order valence-electron chi connectivity index (χ4n) is 2.61. The Morgan fingerprint density at radius 2 is 2.06 bits per heavy atom. The number of phenols is 1. The Morgan fingerprint density at radius 1 is 1.39 bits per heavy atom. The predicted octanol–water partition coefficient (Wildman–Crippen LogP) is 3.00. The van der Waals surface area contributed by atoms with Crippen LogP contribution in [0.1, 0.15) is 30.7 Å². The van der Waals surface area contributed by atoms with Gasteiger partial charge in [0.05, 0.1) is 5.92 Å². The number of phenolic OH excluding ortho intramolecular Hbond substituents is 1. The molecule has 5 heteroatoms. The average Bonchev–Trinajstić information content (AvgIpc) is 2.61. The van der Waals surface area contributed by atoms with E-state index in [0.717, 1.165) is 0 Å². The van der Waals surface area contributed by atoms with Crippen LogP contribution in [0, 0.1) is 5.92 Å². The molecule has 0 spiro atoms. The monoisotopic (exact) mass is 256 g/mol.